The molecular formula is C17H20N2O4. The van der Waals surface area contributed by atoms with Gasteiger partial charge in [-0.15, -0.1) is 0 Å². The minimum atomic E-state index is -0.745. The van der Waals surface area contributed by atoms with Crippen LogP contribution in [-0.4, -0.2) is 29.0 Å². The molecule has 122 valence electrons. The Morgan fingerprint density at radius 2 is 1.48 bits per heavy atom. The number of hydroxylamine groups is 2. The Bertz CT molecular complexity index is 586. The first kappa shape index (κ1) is 15.5. The largest absolute Gasteiger partial charge is 0.432 e. The third kappa shape index (κ3) is 3.36. The standard InChI is InChI=1S/C17H20N2O4/c20-15-13-10-6-7-11-14(13)16(21)19(15)23-17(22)18-12-8-4-2-1-3-5-9-12/h6-7,10-12H,1-5,8-9H2,(H,18,22). The van der Waals surface area contributed by atoms with Crippen LogP contribution in [0.3, 0.4) is 0 Å². The highest BCUT2D eigenvalue weighted by atomic mass is 16.7. The highest BCUT2D eigenvalue weighted by Crippen LogP contribution is 2.23. The van der Waals surface area contributed by atoms with Crippen LogP contribution in [0, 0.1) is 0 Å². The maximum absolute atomic E-state index is 12.1. The monoisotopic (exact) mass is 316 g/mol. The molecule has 1 saturated carbocycles. The van der Waals surface area contributed by atoms with Gasteiger partial charge < -0.3 is 10.2 Å². The summed E-state index contributed by atoms with van der Waals surface area (Å²) in [6, 6.07) is 6.47. The smallest absolute Gasteiger partial charge is 0.317 e. The van der Waals surface area contributed by atoms with Crippen molar-refractivity contribution in [2.24, 2.45) is 0 Å². The number of nitrogens with one attached hydrogen (secondary N) is 1. The van der Waals surface area contributed by atoms with E-state index in [2.05, 4.69) is 5.32 Å². The summed E-state index contributed by atoms with van der Waals surface area (Å²) >= 11 is 0. The molecule has 1 aromatic rings. The number of nitrogens with zero attached hydrogens (tertiary/aromatic N) is 1. The lowest BCUT2D eigenvalue weighted by atomic mass is 9.97. The van der Waals surface area contributed by atoms with Crippen LogP contribution >= 0.6 is 0 Å². The van der Waals surface area contributed by atoms with Gasteiger partial charge in [-0.3, -0.25) is 9.59 Å². The molecule has 1 aliphatic heterocycles. The predicted molar refractivity (Wildman–Crippen MR) is 82.7 cm³/mol. The molecule has 3 rings (SSSR count). The minimum Gasteiger partial charge on any atom is -0.317 e. The Hall–Kier alpha value is -2.37. The predicted octanol–water partition coefficient (Wildman–Crippen LogP) is 3.04. The first-order valence-electron chi connectivity index (χ1n) is 8.13. The number of benzene rings is 1. The molecule has 2 aliphatic rings. The van der Waals surface area contributed by atoms with Gasteiger partial charge in [-0.1, -0.05) is 49.3 Å². The van der Waals surface area contributed by atoms with E-state index in [1.165, 1.54) is 19.3 Å². The number of amides is 3. The normalized spacial score (nSPS) is 19.0. The summed E-state index contributed by atoms with van der Waals surface area (Å²) in [6.07, 6.45) is 6.78. The summed E-state index contributed by atoms with van der Waals surface area (Å²) in [6.45, 7) is 0. The number of carbonyl (C=O) groups is 3. The molecule has 0 aromatic heterocycles. The number of hydrogen-bond acceptors (Lipinski definition) is 4. The van der Waals surface area contributed by atoms with Gasteiger partial charge in [0, 0.05) is 6.04 Å². The van der Waals surface area contributed by atoms with Crippen molar-refractivity contribution in [2.75, 3.05) is 0 Å². The number of fused-ring (bicyclic) bond motifs is 1. The van der Waals surface area contributed by atoms with Crippen molar-refractivity contribution in [3.05, 3.63) is 35.4 Å². The molecule has 6 nitrogen and oxygen atoms in total. The molecule has 0 bridgehead atoms. The van der Waals surface area contributed by atoms with E-state index >= 15 is 0 Å². The Morgan fingerprint density at radius 1 is 0.957 bits per heavy atom. The molecule has 1 heterocycles. The van der Waals surface area contributed by atoms with E-state index in [-0.39, 0.29) is 17.2 Å². The highest BCUT2D eigenvalue weighted by molar-refractivity contribution is 6.20. The second-order valence-electron chi connectivity index (χ2n) is 6.02. The summed E-state index contributed by atoms with van der Waals surface area (Å²) in [5.74, 6) is -1.20. The van der Waals surface area contributed by atoms with E-state index < -0.39 is 17.9 Å². The van der Waals surface area contributed by atoms with E-state index in [0.717, 1.165) is 25.7 Å². The van der Waals surface area contributed by atoms with E-state index in [4.69, 9.17) is 4.84 Å². The molecule has 1 fully saturated rings. The topological polar surface area (TPSA) is 75.7 Å². The van der Waals surface area contributed by atoms with Gasteiger partial charge in [0.15, 0.2) is 0 Å². The van der Waals surface area contributed by atoms with Crippen molar-refractivity contribution >= 4 is 17.9 Å². The fourth-order valence-electron chi connectivity index (χ4n) is 3.13. The van der Waals surface area contributed by atoms with E-state index in [0.29, 0.717) is 5.06 Å². The maximum Gasteiger partial charge on any atom is 0.432 e. The van der Waals surface area contributed by atoms with Gasteiger partial charge in [0.2, 0.25) is 0 Å². The summed E-state index contributed by atoms with van der Waals surface area (Å²) in [5.41, 5.74) is 0.521. The van der Waals surface area contributed by atoms with Gasteiger partial charge in [-0.25, -0.2) is 4.79 Å². The number of rotatable bonds is 2. The Morgan fingerprint density at radius 3 is 2.04 bits per heavy atom. The quantitative estimate of drug-likeness (QED) is 0.851. The van der Waals surface area contributed by atoms with Gasteiger partial charge >= 0.3 is 6.09 Å². The number of imide groups is 1. The summed E-state index contributed by atoms with van der Waals surface area (Å²) in [5, 5.41) is 3.32. The molecule has 0 unspecified atom stereocenters. The Balaban J connectivity index is 1.60. The SMILES string of the molecule is O=C(NC1CCCCCCC1)ON1C(=O)c2ccccc2C1=O. The van der Waals surface area contributed by atoms with Crippen LogP contribution in [0.25, 0.3) is 0 Å². The molecule has 0 spiro atoms. The lowest BCUT2D eigenvalue weighted by Crippen LogP contribution is -2.41. The zero-order chi connectivity index (χ0) is 16.2. The summed E-state index contributed by atoms with van der Waals surface area (Å²) < 4.78 is 0. The first-order valence-corrected chi connectivity index (χ1v) is 8.13. The lowest BCUT2D eigenvalue weighted by Gasteiger charge is -2.21. The average molecular weight is 316 g/mol. The van der Waals surface area contributed by atoms with E-state index in [1.54, 1.807) is 24.3 Å². The molecule has 23 heavy (non-hydrogen) atoms. The first-order chi connectivity index (χ1) is 11.2. The molecule has 1 aromatic carbocycles. The summed E-state index contributed by atoms with van der Waals surface area (Å²) in [7, 11) is 0. The number of hydrogen-bond donors (Lipinski definition) is 1. The molecule has 0 radical (unpaired) electrons. The van der Waals surface area contributed by atoms with Gasteiger partial charge in [0.25, 0.3) is 11.8 Å². The van der Waals surface area contributed by atoms with Crippen LogP contribution < -0.4 is 5.32 Å². The van der Waals surface area contributed by atoms with E-state index in [9.17, 15) is 14.4 Å². The van der Waals surface area contributed by atoms with Crippen molar-refractivity contribution in [2.45, 2.75) is 51.0 Å². The Kier molecular flexibility index (Phi) is 4.60. The van der Waals surface area contributed by atoms with Crippen molar-refractivity contribution < 1.29 is 19.2 Å². The fourth-order valence-corrected chi connectivity index (χ4v) is 3.13. The Labute approximate surface area is 134 Å². The van der Waals surface area contributed by atoms with Crippen molar-refractivity contribution in [1.29, 1.82) is 0 Å². The zero-order valence-corrected chi connectivity index (χ0v) is 12.9. The third-order valence-corrected chi connectivity index (χ3v) is 4.36. The van der Waals surface area contributed by atoms with Crippen LogP contribution in [0.15, 0.2) is 24.3 Å². The van der Waals surface area contributed by atoms with Crippen molar-refractivity contribution in [1.82, 2.24) is 10.4 Å². The fraction of sp³-hybridized carbons (Fsp3) is 0.471. The van der Waals surface area contributed by atoms with Gasteiger partial charge in [-0.2, -0.15) is 0 Å². The summed E-state index contributed by atoms with van der Waals surface area (Å²) in [4.78, 5) is 41.3. The van der Waals surface area contributed by atoms with Gasteiger partial charge in [0.05, 0.1) is 11.1 Å². The van der Waals surface area contributed by atoms with E-state index in [1.807, 2.05) is 0 Å². The average Bonchev–Trinajstić information content (AvgIpc) is 2.75. The van der Waals surface area contributed by atoms with Crippen LogP contribution in [-0.2, 0) is 4.84 Å². The molecular weight excluding hydrogens is 296 g/mol. The lowest BCUT2D eigenvalue weighted by molar-refractivity contribution is -0.0459. The second kappa shape index (κ2) is 6.81. The molecule has 3 amide bonds. The van der Waals surface area contributed by atoms with Crippen molar-refractivity contribution in [3.63, 3.8) is 0 Å². The highest BCUT2D eigenvalue weighted by Gasteiger charge is 2.38. The number of carbonyl (C=O) groups excluding carboxylic acids is 3. The van der Waals surface area contributed by atoms with Crippen LogP contribution in [0.4, 0.5) is 4.79 Å². The third-order valence-electron chi connectivity index (χ3n) is 4.36. The van der Waals surface area contributed by atoms with Crippen LogP contribution in [0.2, 0.25) is 0 Å². The van der Waals surface area contributed by atoms with Gasteiger partial charge in [0.1, 0.15) is 0 Å². The molecule has 0 atom stereocenters. The van der Waals surface area contributed by atoms with Gasteiger partial charge in [-0.05, 0) is 25.0 Å². The van der Waals surface area contributed by atoms with Crippen LogP contribution in [0.1, 0.15) is 65.7 Å². The molecule has 0 saturated heterocycles. The molecule has 1 N–H and O–H groups in total. The second-order valence-corrected chi connectivity index (χ2v) is 6.02. The molecule has 6 heteroatoms. The van der Waals surface area contributed by atoms with Crippen LogP contribution in [0.5, 0.6) is 0 Å². The molecule has 1 aliphatic carbocycles. The minimum absolute atomic E-state index is 0.0398. The van der Waals surface area contributed by atoms with Crippen molar-refractivity contribution in [3.8, 4) is 0 Å². The maximum atomic E-state index is 12.1. The zero-order valence-electron chi connectivity index (χ0n) is 12.9.